The van der Waals surface area contributed by atoms with Crippen LogP contribution in [0.1, 0.15) is 18.4 Å². The Morgan fingerprint density at radius 1 is 1.31 bits per heavy atom. The molecule has 1 aromatic rings. The molecule has 1 N–H and O–H groups in total. The molecule has 3 nitrogen and oxygen atoms in total. The summed E-state index contributed by atoms with van der Waals surface area (Å²) in [6, 6.07) is 5.05. The van der Waals surface area contributed by atoms with E-state index < -0.39 is 0 Å². The average Bonchev–Trinajstić information content (AvgIpc) is 2.77. The summed E-state index contributed by atoms with van der Waals surface area (Å²) in [6.45, 7) is 4.81. The maximum Gasteiger partial charge on any atom is 0.0271 e. The van der Waals surface area contributed by atoms with Crippen LogP contribution in [0.4, 0.5) is 0 Å². The van der Waals surface area contributed by atoms with Crippen molar-refractivity contribution in [3.63, 3.8) is 0 Å². The van der Waals surface area contributed by atoms with Crippen molar-refractivity contribution < 1.29 is 0 Å². The fraction of sp³-hybridized carbons (Fsp3) is 0.615. The smallest absolute Gasteiger partial charge is 0.0271 e. The van der Waals surface area contributed by atoms with Crippen molar-refractivity contribution in [3.05, 3.63) is 30.1 Å². The summed E-state index contributed by atoms with van der Waals surface area (Å²) >= 11 is 0. The molecule has 3 heteroatoms. The van der Waals surface area contributed by atoms with Crippen molar-refractivity contribution in [1.82, 2.24) is 15.2 Å². The van der Waals surface area contributed by atoms with Gasteiger partial charge in [0.2, 0.25) is 0 Å². The van der Waals surface area contributed by atoms with Gasteiger partial charge in [0.15, 0.2) is 0 Å². The number of pyridine rings is 1. The largest absolute Gasteiger partial charge is 0.314 e. The highest BCUT2D eigenvalue weighted by atomic mass is 15.2. The van der Waals surface area contributed by atoms with Crippen molar-refractivity contribution in [2.24, 2.45) is 5.92 Å². The molecule has 0 spiro atoms. The number of nitrogens with one attached hydrogen (secondary N) is 1. The van der Waals surface area contributed by atoms with E-state index in [4.69, 9.17) is 0 Å². The van der Waals surface area contributed by atoms with Crippen molar-refractivity contribution in [2.45, 2.75) is 25.4 Å². The van der Waals surface area contributed by atoms with Crippen LogP contribution in [0.2, 0.25) is 0 Å². The van der Waals surface area contributed by atoms with E-state index in [9.17, 15) is 0 Å². The maximum absolute atomic E-state index is 4.06. The molecule has 2 aliphatic rings. The molecule has 0 amide bonds. The maximum atomic E-state index is 4.06. The van der Waals surface area contributed by atoms with Gasteiger partial charge in [-0.15, -0.1) is 0 Å². The van der Waals surface area contributed by atoms with Crippen LogP contribution in [0.5, 0.6) is 0 Å². The van der Waals surface area contributed by atoms with Gasteiger partial charge in [-0.1, -0.05) is 0 Å². The summed E-state index contributed by atoms with van der Waals surface area (Å²) in [5.41, 5.74) is 1.39. The van der Waals surface area contributed by atoms with Crippen LogP contribution in [0.3, 0.4) is 0 Å². The zero-order valence-corrected chi connectivity index (χ0v) is 9.60. The first kappa shape index (κ1) is 10.2. The first-order valence-corrected chi connectivity index (χ1v) is 6.26. The highest BCUT2D eigenvalue weighted by Crippen LogP contribution is 2.25. The van der Waals surface area contributed by atoms with Gasteiger partial charge >= 0.3 is 0 Å². The molecule has 2 atom stereocenters. The Morgan fingerprint density at radius 2 is 2.19 bits per heavy atom. The molecule has 0 aromatic carbocycles. The van der Waals surface area contributed by atoms with Crippen LogP contribution in [-0.2, 0) is 6.54 Å². The Kier molecular flexibility index (Phi) is 2.89. The number of piperidine rings is 1. The molecule has 0 bridgehead atoms. The Hall–Kier alpha value is -0.930. The zero-order valence-electron chi connectivity index (χ0n) is 9.60. The van der Waals surface area contributed by atoms with Crippen LogP contribution in [0.15, 0.2) is 24.5 Å². The topological polar surface area (TPSA) is 28.2 Å². The van der Waals surface area contributed by atoms with Gasteiger partial charge in [0.1, 0.15) is 0 Å². The molecule has 0 aliphatic carbocycles. The Balaban J connectivity index is 1.60. The monoisotopic (exact) mass is 217 g/mol. The molecule has 2 aliphatic heterocycles. The first-order chi connectivity index (χ1) is 7.92. The third-order valence-corrected chi connectivity index (χ3v) is 3.90. The summed E-state index contributed by atoms with van der Waals surface area (Å²) in [5, 5.41) is 3.61. The molecule has 2 saturated heterocycles. The Bertz CT molecular complexity index is 338. The van der Waals surface area contributed by atoms with E-state index in [1.54, 1.807) is 0 Å². The van der Waals surface area contributed by atoms with Crippen LogP contribution in [0.25, 0.3) is 0 Å². The minimum atomic E-state index is 0.800. The lowest BCUT2D eigenvalue weighted by Gasteiger charge is -2.34. The number of aromatic nitrogens is 1. The van der Waals surface area contributed by atoms with Crippen molar-refractivity contribution in [3.8, 4) is 0 Å². The summed E-state index contributed by atoms with van der Waals surface area (Å²) < 4.78 is 0. The van der Waals surface area contributed by atoms with E-state index in [1.165, 1.54) is 38.0 Å². The van der Waals surface area contributed by atoms with Gasteiger partial charge in [-0.25, -0.2) is 0 Å². The standard InChI is InChI=1S/C13H19N3/c1-5-14-6-2-11(1)9-16-8-4-13-12(10-16)3-7-15-13/h1-2,5-6,12-13,15H,3-4,7-10H2. The summed E-state index contributed by atoms with van der Waals surface area (Å²) in [5.74, 6) is 0.885. The van der Waals surface area contributed by atoms with Crippen molar-refractivity contribution in [2.75, 3.05) is 19.6 Å². The van der Waals surface area contributed by atoms with Gasteiger partial charge in [0, 0.05) is 31.5 Å². The number of rotatable bonds is 2. The number of fused-ring (bicyclic) bond motifs is 1. The average molecular weight is 217 g/mol. The van der Waals surface area contributed by atoms with E-state index >= 15 is 0 Å². The SMILES string of the molecule is c1cc(CN2CCC3NCCC3C2)ccn1. The van der Waals surface area contributed by atoms with Crippen molar-refractivity contribution in [1.29, 1.82) is 0 Å². The number of likely N-dealkylation sites (tertiary alicyclic amines) is 1. The molecular formula is C13H19N3. The van der Waals surface area contributed by atoms with E-state index in [1.807, 2.05) is 12.4 Å². The first-order valence-electron chi connectivity index (χ1n) is 6.26. The van der Waals surface area contributed by atoms with Crippen LogP contribution in [-0.4, -0.2) is 35.6 Å². The van der Waals surface area contributed by atoms with Gasteiger partial charge in [-0.05, 0) is 49.5 Å². The lowest BCUT2D eigenvalue weighted by molar-refractivity contribution is 0.156. The second-order valence-corrected chi connectivity index (χ2v) is 4.99. The molecule has 86 valence electrons. The second kappa shape index (κ2) is 4.52. The normalized spacial score (nSPS) is 30.2. The third kappa shape index (κ3) is 2.11. The molecular weight excluding hydrogens is 198 g/mol. The zero-order chi connectivity index (χ0) is 10.8. The highest BCUT2D eigenvalue weighted by Gasteiger charge is 2.32. The van der Waals surface area contributed by atoms with E-state index in [-0.39, 0.29) is 0 Å². The van der Waals surface area contributed by atoms with E-state index in [2.05, 4.69) is 27.3 Å². The lowest BCUT2D eigenvalue weighted by atomic mass is 9.93. The molecule has 16 heavy (non-hydrogen) atoms. The third-order valence-electron chi connectivity index (χ3n) is 3.90. The predicted molar refractivity (Wildman–Crippen MR) is 64.0 cm³/mol. The summed E-state index contributed by atoms with van der Waals surface area (Å²) in [4.78, 5) is 6.65. The lowest BCUT2D eigenvalue weighted by Crippen LogP contribution is -2.43. The Morgan fingerprint density at radius 3 is 3.06 bits per heavy atom. The fourth-order valence-corrected chi connectivity index (χ4v) is 3.01. The summed E-state index contributed by atoms with van der Waals surface area (Å²) in [7, 11) is 0. The highest BCUT2D eigenvalue weighted by molar-refractivity contribution is 5.09. The molecule has 3 rings (SSSR count). The van der Waals surface area contributed by atoms with Crippen LogP contribution >= 0.6 is 0 Å². The van der Waals surface area contributed by atoms with Crippen molar-refractivity contribution >= 4 is 0 Å². The quantitative estimate of drug-likeness (QED) is 0.808. The van der Waals surface area contributed by atoms with Crippen LogP contribution < -0.4 is 5.32 Å². The van der Waals surface area contributed by atoms with Gasteiger partial charge in [0.25, 0.3) is 0 Å². The minimum absolute atomic E-state index is 0.800. The Labute approximate surface area is 96.9 Å². The van der Waals surface area contributed by atoms with Gasteiger partial charge in [-0.3, -0.25) is 9.88 Å². The van der Waals surface area contributed by atoms with Gasteiger partial charge in [0.05, 0.1) is 0 Å². The molecule has 1 aromatic heterocycles. The minimum Gasteiger partial charge on any atom is -0.314 e. The second-order valence-electron chi connectivity index (χ2n) is 4.99. The number of hydrogen-bond donors (Lipinski definition) is 1. The molecule has 2 fully saturated rings. The van der Waals surface area contributed by atoms with E-state index in [0.29, 0.717) is 0 Å². The van der Waals surface area contributed by atoms with Crippen LogP contribution in [0, 0.1) is 5.92 Å². The number of nitrogens with zero attached hydrogens (tertiary/aromatic N) is 2. The predicted octanol–water partition coefficient (Wildman–Crippen LogP) is 1.27. The molecule has 0 radical (unpaired) electrons. The van der Waals surface area contributed by atoms with Gasteiger partial charge < -0.3 is 5.32 Å². The molecule has 3 heterocycles. The molecule has 2 unspecified atom stereocenters. The fourth-order valence-electron chi connectivity index (χ4n) is 3.01. The summed E-state index contributed by atoms with van der Waals surface area (Å²) in [6.07, 6.45) is 6.45. The number of hydrogen-bond acceptors (Lipinski definition) is 3. The van der Waals surface area contributed by atoms with Gasteiger partial charge in [-0.2, -0.15) is 0 Å². The van der Waals surface area contributed by atoms with E-state index in [0.717, 1.165) is 18.5 Å². The molecule has 0 saturated carbocycles.